The lowest BCUT2D eigenvalue weighted by molar-refractivity contribution is 0.102. The molecule has 0 aliphatic carbocycles. The van der Waals surface area contributed by atoms with Gasteiger partial charge in [-0.1, -0.05) is 13.0 Å². The van der Waals surface area contributed by atoms with Crippen LogP contribution in [-0.4, -0.2) is 20.3 Å². The lowest BCUT2D eigenvalue weighted by Crippen LogP contribution is -2.17. The van der Waals surface area contributed by atoms with E-state index in [-0.39, 0.29) is 5.91 Å². The lowest BCUT2D eigenvalue weighted by atomic mass is 10.2. The Hall–Kier alpha value is -2.21. The Balaban J connectivity index is 2.06. The molecule has 5 nitrogen and oxygen atoms in total. The highest BCUT2D eigenvalue weighted by molar-refractivity contribution is 9.10. The number of nitrogens with one attached hydrogen (secondary N) is 1. The van der Waals surface area contributed by atoms with Crippen molar-refractivity contribution in [1.82, 2.24) is 14.4 Å². The predicted octanol–water partition coefficient (Wildman–Crippen LogP) is 3.61. The highest BCUT2D eigenvalue weighted by atomic mass is 79.9. The maximum Gasteiger partial charge on any atom is 0.275 e. The first-order valence-electron chi connectivity index (χ1n) is 6.99. The van der Waals surface area contributed by atoms with Crippen LogP contribution in [0.2, 0.25) is 0 Å². The number of hydrogen-bond acceptors (Lipinski definition) is 3. The van der Waals surface area contributed by atoms with Crippen LogP contribution in [0.15, 0.2) is 41.1 Å². The minimum atomic E-state index is -0.204. The molecule has 0 aliphatic rings. The van der Waals surface area contributed by atoms with E-state index in [2.05, 4.69) is 31.2 Å². The van der Waals surface area contributed by atoms with Gasteiger partial charge in [0.05, 0.1) is 5.69 Å². The lowest BCUT2D eigenvalue weighted by Gasteiger charge is -2.08. The Bertz CT molecular complexity index is 856. The zero-order chi connectivity index (χ0) is 15.7. The van der Waals surface area contributed by atoms with Gasteiger partial charge in [0.25, 0.3) is 5.91 Å². The van der Waals surface area contributed by atoms with Gasteiger partial charge >= 0.3 is 0 Å². The molecule has 0 atom stereocenters. The summed E-state index contributed by atoms with van der Waals surface area (Å²) in [5.74, 6) is 0.365. The highest BCUT2D eigenvalue weighted by Gasteiger charge is 2.19. The van der Waals surface area contributed by atoms with Crippen LogP contribution in [0.25, 0.3) is 5.65 Å². The highest BCUT2D eigenvalue weighted by Crippen LogP contribution is 2.19. The summed E-state index contributed by atoms with van der Waals surface area (Å²) < 4.78 is 2.69. The average Bonchev–Trinajstić information content (AvgIpc) is 2.87. The van der Waals surface area contributed by atoms with Crippen LogP contribution >= 0.6 is 15.9 Å². The second-order valence-corrected chi connectivity index (χ2v) is 5.87. The van der Waals surface area contributed by atoms with Gasteiger partial charge in [-0.25, -0.2) is 9.97 Å². The van der Waals surface area contributed by atoms with Crippen molar-refractivity contribution in [2.75, 3.05) is 5.32 Å². The third-order valence-corrected chi connectivity index (χ3v) is 3.92. The smallest absolute Gasteiger partial charge is 0.275 e. The minimum absolute atomic E-state index is 0.204. The third-order valence-electron chi connectivity index (χ3n) is 3.45. The number of imidazole rings is 1. The van der Waals surface area contributed by atoms with Gasteiger partial charge in [-0.2, -0.15) is 0 Å². The summed E-state index contributed by atoms with van der Waals surface area (Å²) in [6, 6.07) is 7.54. The Morgan fingerprint density at radius 2 is 2.18 bits per heavy atom. The van der Waals surface area contributed by atoms with Crippen molar-refractivity contribution in [2.45, 2.75) is 20.3 Å². The number of anilines is 1. The van der Waals surface area contributed by atoms with Crippen molar-refractivity contribution in [3.8, 4) is 0 Å². The first kappa shape index (κ1) is 14.7. The van der Waals surface area contributed by atoms with Crippen LogP contribution in [0.4, 0.5) is 5.82 Å². The van der Waals surface area contributed by atoms with Gasteiger partial charge in [0, 0.05) is 16.9 Å². The molecular formula is C16H15BrN4O. The molecule has 0 saturated carbocycles. The molecule has 1 N–H and O–H groups in total. The van der Waals surface area contributed by atoms with Gasteiger partial charge in [0.1, 0.15) is 17.2 Å². The van der Waals surface area contributed by atoms with Crippen LogP contribution in [-0.2, 0) is 6.42 Å². The molecule has 22 heavy (non-hydrogen) atoms. The number of carbonyl (C=O) groups excluding carboxylic acids is 1. The first-order chi connectivity index (χ1) is 10.6. The fraction of sp³-hybridized carbons (Fsp3) is 0.188. The molecule has 6 heteroatoms. The summed E-state index contributed by atoms with van der Waals surface area (Å²) in [4.78, 5) is 21.4. The zero-order valence-electron chi connectivity index (χ0n) is 12.3. The monoisotopic (exact) mass is 358 g/mol. The molecule has 0 unspecified atom stereocenters. The quantitative estimate of drug-likeness (QED) is 0.777. The van der Waals surface area contributed by atoms with Gasteiger partial charge < -0.3 is 5.32 Å². The maximum atomic E-state index is 12.7. The Morgan fingerprint density at radius 3 is 2.91 bits per heavy atom. The number of halogens is 1. The number of hydrogen-bond donors (Lipinski definition) is 1. The molecule has 0 aliphatic heterocycles. The summed E-state index contributed by atoms with van der Waals surface area (Å²) in [5, 5.41) is 2.87. The number of aromatic nitrogens is 3. The number of pyridine rings is 2. The van der Waals surface area contributed by atoms with E-state index in [0.717, 1.165) is 21.4 Å². The van der Waals surface area contributed by atoms with Crippen molar-refractivity contribution >= 4 is 33.3 Å². The molecule has 0 aromatic carbocycles. The molecular weight excluding hydrogens is 344 g/mol. The number of nitrogens with zero attached hydrogens (tertiary/aromatic N) is 3. The number of fused-ring (bicyclic) bond motifs is 1. The van der Waals surface area contributed by atoms with E-state index in [1.54, 1.807) is 10.6 Å². The molecule has 0 radical (unpaired) electrons. The van der Waals surface area contributed by atoms with Gasteiger partial charge in [-0.15, -0.1) is 0 Å². The second-order valence-electron chi connectivity index (χ2n) is 4.96. The Morgan fingerprint density at radius 1 is 1.36 bits per heavy atom. The molecule has 112 valence electrons. The first-order valence-corrected chi connectivity index (χ1v) is 7.79. The van der Waals surface area contributed by atoms with Crippen molar-refractivity contribution in [1.29, 1.82) is 0 Å². The summed E-state index contributed by atoms with van der Waals surface area (Å²) in [6.45, 7) is 3.90. The standard InChI is InChI=1S/C16H15BrN4O/c1-3-12-14(21-9-11(17)6-7-13(21)19-12)16(22)20-15-10(2)5-4-8-18-15/h4-9H,3H2,1-2H3,(H,18,20,22). The van der Waals surface area contributed by atoms with Gasteiger partial charge in [-0.05, 0) is 53.0 Å². The van der Waals surface area contributed by atoms with E-state index in [9.17, 15) is 4.79 Å². The van der Waals surface area contributed by atoms with Crippen molar-refractivity contribution in [3.63, 3.8) is 0 Å². The van der Waals surface area contributed by atoms with Gasteiger partial charge in [0.2, 0.25) is 0 Å². The van der Waals surface area contributed by atoms with E-state index in [1.165, 1.54) is 0 Å². The molecule has 0 saturated heterocycles. The Kier molecular flexibility index (Phi) is 3.94. The SMILES string of the molecule is CCc1nc2ccc(Br)cn2c1C(=O)Nc1ncccc1C. The van der Waals surface area contributed by atoms with Crippen molar-refractivity contribution < 1.29 is 4.79 Å². The normalized spacial score (nSPS) is 10.9. The Labute approximate surface area is 136 Å². The van der Waals surface area contributed by atoms with Crippen LogP contribution in [0.3, 0.4) is 0 Å². The van der Waals surface area contributed by atoms with Crippen LogP contribution in [0.5, 0.6) is 0 Å². The second kappa shape index (κ2) is 5.88. The molecule has 3 aromatic rings. The molecule has 3 heterocycles. The van der Waals surface area contributed by atoms with Crippen LogP contribution in [0, 0.1) is 6.92 Å². The minimum Gasteiger partial charge on any atom is -0.305 e. The van der Waals surface area contributed by atoms with Crippen molar-refractivity contribution in [3.05, 3.63) is 58.1 Å². The number of amides is 1. The van der Waals surface area contributed by atoms with Crippen LogP contribution < -0.4 is 5.32 Å². The molecule has 0 spiro atoms. The number of aryl methyl sites for hydroxylation is 2. The topological polar surface area (TPSA) is 59.3 Å². The van der Waals surface area contributed by atoms with Gasteiger partial charge in [0.15, 0.2) is 0 Å². The fourth-order valence-corrected chi connectivity index (χ4v) is 2.67. The van der Waals surface area contributed by atoms with E-state index in [0.29, 0.717) is 17.9 Å². The van der Waals surface area contributed by atoms with Crippen LogP contribution in [0.1, 0.15) is 28.7 Å². The van der Waals surface area contributed by atoms with Crippen molar-refractivity contribution in [2.24, 2.45) is 0 Å². The number of carbonyl (C=O) groups is 1. The average molecular weight is 359 g/mol. The van der Waals surface area contributed by atoms with E-state index < -0.39 is 0 Å². The largest absolute Gasteiger partial charge is 0.305 e. The van der Waals surface area contributed by atoms with E-state index in [4.69, 9.17) is 0 Å². The number of rotatable bonds is 3. The summed E-state index contributed by atoms with van der Waals surface area (Å²) >= 11 is 3.43. The van der Waals surface area contributed by atoms with E-state index >= 15 is 0 Å². The fourth-order valence-electron chi connectivity index (χ4n) is 2.34. The summed E-state index contributed by atoms with van der Waals surface area (Å²) in [7, 11) is 0. The zero-order valence-corrected chi connectivity index (χ0v) is 13.9. The molecule has 0 fully saturated rings. The third kappa shape index (κ3) is 2.62. The van der Waals surface area contributed by atoms with Gasteiger partial charge in [-0.3, -0.25) is 9.20 Å². The molecule has 3 aromatic heterocycles. The predicted molar refractivity (Wildman–Crippen MR) is 89.2 cm³/mol. The summed E-state index contributed by atoms with van der Waals surface area (Å²) in [5.41, 5.74) is 2.99. The molecule has 3 rings (SSSR count). The molecule has 1 amide bonds. The summed E-state index contributed by atoms with van der Waals surface area (Å²) in [6.07, 6.45) is 4.19. The maximum absolute atomic E-state index is 12.7. The van der Waals surface area contributed by atoms with E-state index in [1.807, 2.05) is 44.3 Å². The molecule has 0 bridgehead atoms.